The van der Waals surface area contributed by atoms with Gasteiger partial charge < -0.3 is 10.1 Å². The molecule has 0 aromatic heterocycles. The van der Waals surface area contributed by atoms with Crippen molar-refractivity contribution >= 4 is 21.6 Å². The van der Waals surface area contributed by atoms with E-state index in [0.29, 0.717) is 18.0 Å². The van der Waals surface area contributed by atoms with E-state index in [1.165, 1.54) is 0 Å². The van der Waals surface area contributed by atoms with Crippen molar-refractivity contribution in [3.8, 4) is 5.75 Å². The molecule has 28 heavy (non-hydrogen) atoms. The van der Waals surface area contributed by atoms with Gasteiger partial charge in [0.25, 0.3) is 0 Å². The Hall–Kier alpha value is -2.54. The van der Waals surface area contributed by atoms with E-state index in [9.17, 15) is 13.2 Å². The fourth-order valence-electron chi connectivity index (χ4n) is 3.13. The summed E-state index contributed by atoms with van der Waals surface area (Å²) >= 11 is 0. The van der Waals surface area contributed by atoms with Gasteiger partial charge in [-0.3, -0.25) is 9.10 Å². The highest BCUT2D eigenvalue weighted by molar-refractivity contribution is 7.92. The Kier molecular flexibility index (Phi) is 7.07. The maximum atomic E-state index is 12.6. The minimum absolute atomic E-state index is 0.239. The fraction of sp³-hybridized carbons (Fsp3) is 0.381. The van der Waals surface area contributed by atoms with E-state index < -0.39 is 10.0 Å². The minimum Gasteiger partial charge on any atom is -0.492 e. The van der Waals surface area contributed by atoms with Crippen LogP contribution in [0, 0.1) is 13.8 Å². The van der Waals surface area contributed by atoms with Crippen LogP contribution >= 0.6 is 0 Å². The van der Waals surface area contributed by atoms with Crippen LogP contribution in [0.3, 0.4) is 0 Å². The van der Waals surface area contributed by atoms with E-state index >= 15 is 0 Å². The van der Waals surface area contributed by atoms with Gasteiger partial charge in [0.1, 0.15) is 12.3 Å². The molecule has 0 heterocycles. The number of carbonyl (C=O) groups is 1. The number of benzene rings is 2. The van der Waals surface area contributed by atoms with Crippen LogP contribution in [0.4, 0.5) is 5.69 Å². The Balaban J connectivity index is 2.23. The molecule has 0 radical (unpaired) electrons. The van der Waals surface area contributed by atoms with E-state index in [4.69, 9.17) is 4.74 Å². The Morgan fingerprint density at radius 2 is 1.86 bits per heavy atom. The highest BCUT2D eigenvalue weighted by Gasteiger charge is 2.24. The molecule has 1 atom stereocenters. The molecular weight excluding hydrogens is 376 g/mol. The van der Waals surface area contributed by atoms with Crippen molar-refractivity contribution in [3.05, 3.63) is 59.2 Å². The maximum absolute atomic E-state index is 12.6. The van der Waals surface area contributed by atoms with E-state index in [2.05, 4.69) is 11.4 Å². The third-order valence-corrected chi connectivity index (χ3v) is 5.52. The Morgan fingerprint density at radius 1 is 1.18 bits per heavy atom. The molecule has 7 heteroatoms. The Labute approximate surface area is 167 Å². The molecule has 6 nitrogen and oxygen atoms in total. The lowest BCUT2D eigenvalue weighted by Gasteiger charge is -2.25. The van der Waals surface area contributed by atoms with Gasteiger partial charge in [0, 0.05) is 0 Å². The van der Waals surface area contributed by atoms with Gasteiger partial charge in [0.05, 0.1) is 24.6 Å². The first-order valence-electron chi connectivity index (χ1n) is 9.19. The number of sulfonamides is 1. The summed E-state index contributed by atoms with van der Waals surface area (Å²) < 4.78 is 31.3. The summed E-state index contributed by atoms with van der Waals surface area (Å²) in [6.45, 7) is 7.78. The SMILES string of the molecule is CCOc1ccccc1N(CC(=O)N[C@H](C)c1ccc(C)cc1C)S(C)(=O)=O. The lowest BCUT2D eigenvalue weighted by molar-refractivity contribution is -0.120. The van der Waals surface area contributed by atoms with Crippen LogP contribution in [0.15, 0.2) is 42.5 Å². The number of ether oxygens (including phenoxy) is 1. The molecule has 0 aliphatic carbocycles. The highest BCUT2D eigenvalue weighted by Crippen LogP contribution is 2.29. The molecule has 0 saturated heterocycles. The molecule has 0 aliphatic heterocycles. The number of nitrogens with one attached hydrogen (secondary N) is 1. The summed E-state index contributed by atoms with van der Waals surface area (Å²) in [6, 6.07) is 12.6. The van der Waals surface area contributed by atoms with Crippen LogP contribution in [-0.4, -0.2) is 33.7 Å². The largest absolute Gasteiger partial charge is 0.492 e. The number of hydrogen-bond acceptors (Lipinski definition) is 4. The van der Waals surface area contributed by atoms with Crippen LogP contribution in [0.5, 0.6) is 5.75 Å². The third-order valence-electron chi connectivity index (χ3n) is 4.39. The normalized spacial score (nSPS) is 12.3. The van der Waals surface area contributed by atoms with Gasteiger partial charge in [-0.2, -0.15) is 0 Å². The lowest BCUT2D eigenvalue weighted by Crippen LogP contribution is -2.41. The summed E-state index contributed by atoms with van der Waals surface area (Å²) in [5.41, 5.74) is 3.57. The van der Waals surface area contributed by atoms with Crippen molar-refractivity contribution < 1.29 is 17.9 Å². The molecule has 152 valence electrons. The zero-order valence-corrected chi connectivity index (χ0v) is 17.8. The number of carbonyl (C=O) groups excluding carboxylic acids is 1. The predicted octanol–water partition coefficient (Wildman–Crippen LogP) is 3.35. The topological polar surface area (TPSA) is 75.7 Å². The van der Waals surface area contributed by atoms with Gasteiger partial charge in [-0.25, -0.2) is 8.42 Å². The van der Waals surface area contributed by atoms with Crippen LogP contribution < -0.4 is 14.4 Å². The third kappa shape index (κ3) is 5.48. The fourth-order valence-corrected chi connectivity index (χ4v) is 3.99. The molecule has 0 spiro atoms. The van der Waals surface area contributed by atoms with Crippen molar-refractivity contribution in [2.75, 3.05) is 23.7 Å². The second-order valence-electron chi connectivity index (χ2n) is 6.82. The van der Waals surface area contributed by atoms with Crippen LogP contribution in [0.1, 0.15) is 36.6 Å². The van der Waals surface area contributed by atoms with Crippen molar-refractivity contribution in [3.63, 3.8) is 0 Å². The molecule has 2 aromatic carbocycles. The summed E-state index contributed by atoms with van der Waals surface area (Å²) in [4.78, 5) is 12.6. The number of anilines is 1. The molecule has 2 aromatic rings. The zero-order valence-electron chi connectivity index (χ0n) is 17.0. The second-order valence-corrected chi connectivity index (χ2v) is 8.73. The van der Waals surface area contributed by atoms with Crippen molar-refractivity contribution in [2.45, 2.75) is 33.7 Å². The summed E-state index contributed by atoms with van der Waals surface area (Å²) in [5.74, 6) is 0.0369. The van der Waals surface area contributed by atoms with E-state index in [-0.39, 0.29) is 18.5 Å². The van der Waals surface area contributed by atoms with Gasteiger partial charge >= 0.3 is 0 Å². The zero-order chi connectivity index (χ0) is 20.9. The van der Waals surface area contributed by atoms with Crippen LogP contribution in [0.25, 0.3) is 0 Å². The molecule has 1 N–H and O–H groups in total. The van der Waals surface area contributed by atoms with E-state index in [1.807, 2.05) is 39.8 Å². The molecule has 2 rings (SSSR count). The summed E-state index contributed by atoms with van der Waals surface area (Å²) in [7, 11) is -3.68. The number of rotatable bonds is 8. The Bertz CT molecular complexity index is 941. The molecule has 1 amide bonds. The first-order valence-corrected chi connectivity index (χ1v) is 11.0. The molecular formula is C21H28N2O4S. The number of nitrogens with zero attached hydrogens (tertiary/aromatic N) is 1. The predicted molar refractivity (Wildman–Crippen MR) is 112 cm³/mol. The van der Waals surface area contributed by atoms with Gasteiger partial charge in [-0.05, 0) is 51.0 Å². The van der Waals surface area contributed by atoms with Gasteiger partial charge in [0.15, 0.2) is 0 Å². The van der Waals surface area contributed by atoms with Gasteiger partial charge in [-0.15, -0.1) is 0 Å². The molecule has 0 aliphatic rings. The van der Waals surface area contributed by atoms with Gasteiger partial charge in [0.2, 0.25) is 15.9 Å². The molecule has 0 bridgehead atoms. The monoisotopic (exact) mass is 404 g/mol. The maximum Gasteiger partial charge on any atom is 0.241 e. The second kappa shape index (κ2) is 9.10. The summed E-state index contributed by atoms with van der Waals surface area (Å²) in [6.07, 6.45) is 1.08. The number of para-hydroxylation sites is 2. The average molecular weight is 405 g/mol. The minimum atomic E-state index is -3.68. The van der Waals surface area contributed by atoms with E-state index in [0.717, 1.165) is 27.3 Å². The number of hydrogen-bond donors (Lipinski definition) is 1. The highest BCUT2D eigenvalue weighted by atomic mass is 32.2. The lowest BCUT2D eigenvalue weighted by atomic mass is 10.0. The quantitative estimate of drug-likeness (QED) is 0.732. The van der Waals surface area contributed by atoms with E-state index in [1.54, 1.807) is 24.3 Å². The van der Waals surface area contributed by atoms with Crippen LogP contribution in [-0.2, 0) is 14.8 Å². The first-order chi connectivity index (χ1) is 13.1. The Morgan fingerprint density at radius 3 is 2.46 bits per heavy atom. The van der Waals surface area contributed by atoms with Crippen molar-refractivity contribution in [2.24, 2.45) is 0 Å². The first kappa shape index (κ1) is 21.8. The molecule has 0 unspecified atom stereocenters. The molecule has 0 fully saturated rings. The number of aryl methyl sites for hydroxylation is 2. The number of amides is 1. The van der Waals surface area contributed by atoms with Crippen molar-refractivity contribution in [1.82, 2.24) is 5.32 Å². The average Bonchev–Trinajstić information content (AvgIpc) is 2.59. The standard InChI is InChI=1S/C21H28N2O4S/c1-6-27-20-10-8-7-9-19(20)23(28(5,25)26)14-21(24)22-17(4)18-12-11-15(2)13-16(18)3/h7-13,17H,6,14H2,1-5H3,(H,22,24)/t17-/m1/s1. The summed E-state index contributed by atoms with van der Waals surface area (Å²) in [5, 5.41) is 2.89. The smallest absolute Gasteiger partial charge is 0.241 e. The van der Waals surface area contributed by atoms with Gasteiger partial charge in [-0.1, -0.05) is 35.9 Å². The van der Waals surface area contributed by atoms with Crippen LogP contribution in [0.2, 0.25) is 0 Å². The van der Waals surface area contributed by atoms with Crippen molar-refractivity contribution in [1.29, 1.82) is 0 Å². The molecule has 0 saturated carbocycles.